The number of carbonyl (C=O) groups excluding carboxylic acids is 1. The molecule has 0 radical (unpaired) electrons. The molecule has 224 valence electrons. The fourth-order valence-electron chi connectivity index (χ4n) is 5.44. The lowest BCUT2D eigenvalue weighted by atomic mass is 9.82. The minimum atomic E-state index is -0.546. The van der Waals surface area contributed by atoms with E-state index in [1.54, 1.807) is 11.3 Å². The molecule has 5 rings (SSSR count). The van der Waals surface area contributed by atoms with Crippen LogP contribution >= 0.6 is 11.3 Å². The molecule has 0 bridgehead atoms. The number of aliphatic hydroxyl groups excluding tert-OH is 1. The van der Waals surface area contributed by atoms with Gasteiger partial charge in [-0.2, -0.15) is 11.3 Å². The van der Waals surface area contributed by atoms with Crippen molar-refractivity contribution >= 4 is 17.2 Å². The van der Waals surface area contributed by atoms with Crippen LogP contribution in [0.3, 0.4) is 0 Å². The van der Waals surface area contributed by atoms with E-state index in [4.69, 9.17) is 33.5 Å². The molecule has 1 aromatic heterocycles. The molecular formula is C30H40N2O8S. The van der Waals surface area contributed by atoms with Crippen molar-refractivity contribution in [2.24, 2.45) is 5.92 Å². The summed E-state index contributed by atoms with van der Waals surface area (Å²) in [5, 5.41) is 13.0. The van der Waals surface area contributed by atoms with Gasteiger partial charge in [-0.05, 0) is 59.5 Å². The van der Waals surface area contributed by atoms with Crippen LogP contribution < -0.4 is 9.47 Å². The van der Waals surface area contributed by atoms with Crippen LogP contribution in [-0.2, 0) is 30.3 Å². The monoisotopic (exact) mass is 588 g/mol. The Morgan fingerprint density at radius 3 is 2.61 bits per heavy atom. The first-order valence-electron chi connectivity index (χ1n) is 14.3. The van der Waals surface area contributed by atoms with E-state index in [9.17, 15) is 4.79 Å². The highest BCUT2D eigenvalue weighted by molar-refractivity contribution is 7.08. The van der Waals surface area contributed by atoms with Crippen molar-refractivity contribution in [2.75, 3.05) is 72.6 Å². The van der Waals surface area contributed by atoms with E-state index in [0.29, 0.717) is 58.3 Å². The van der Waals surface area contributed by atoms with Gasteiger partial charge in [0.05, 0.1) is 26.4 Å². The first-order chi connectivity index (χ1) is 20.2. The first-order valence-corrected chi connectivity index (χ1v) is 15.3. The largest absolute Gasteiger partial charge is 0.459 e. The first kappa shape index (κ1) is 29.8. The normalized spacial score (nSPS) is 22.4. The van der Waals surface area contributed by atoms with Crippen LogP contribution in [0.2, 0.25) is 0 Å². The molecule has 1 fully saturated rings. The molecule has 0 spiro atoms. The fraction of sp³-hybridized carbons (Fsp3) is 0.567. The quantitative estimate of drug-likeness (QED) is 0.334. The summed E-state index contributed by atoms with van der Waals surface area (Å²) in [7, 11) is 0. The predicted octanol–water partition coefficient (Wildman–Crippen LogP) is 3.21. The summed E-state index contributed by atoms with van der Waals surface area (Å²) in [6.07, 6.45) is 2.14. The summed E-state index contributed by atoms with van der Waals surface area (Å²) in [6, 6.07) is 8.16. The van der Waals surface area contributed by atoms with Gasteiger partial charge in [-0.3, -0.25) is 9.69 Å². The van der Waals surface area contributed by atoms with Gasteiger partial charge in [-0.15, -0.1) is 0 Å². The molecular weight excluding hydrogens is 548 g/mol. The zero-order valence-electron chi connectivity index (χ0n) is 23.6. The highest BCUT2D eigenvalue weighted by Gasteiger charge is 2.39. The number of piperazine rings is 1. The van der Waals surface area contributed by atoms with Crippen molar-refractivity contribution in [3.8, 4) is 11.5 Å². The smallest absolute Gasteiger partial charge is 0.288 e. The number of hydrogen-bond donors (Lipinski definition) is 1. The van der Waals surface area contributed by atoms with Gasteiger partial charge in [0.15, 0.2) is 17.3 Å². The molecule has 3 aliphatic heterocycles. The number of benzene rings is 1. The molecule has 1 amide bonds. The van der Waals surface area contributed by atoms with E-state index in [-0.39, 0.29) is 31.1 Å². The summed E-state index contributed by atoms with van der Waals surface area (Å²) >= 11 is 1.64. The number of carbonyl (C=O) groups is 1. The van der Waals surface area contributed by atoms with Crippen molar-refractivity contribution in [3.05, 3.63) is 58.0 Å². The van der Waals surface area contributed by atoms with Crippen LogP contribution in [0.4, 0.5) is 0 Å². The van der Waals surface area contributed by atoms with Crippen molar-refractivity contribution < 1.29 is 38.3 Å². The number of aliphatic hydroxyl groups is 1. The maximum absolute atomic E-state index is 13.7. The van der Waals surface area contributed by atoms with E-state index in [1.165, 1.54) is 5.56 Å². The number of thiophene rings is 1. The molecule has 0 aliphatic carbocycles. The van der Waals surface area contributed by atoms with Crippen LogP contribution in [0.5, 0.6) is 11.5 Å². The summed E-state index contributed by atoms with van der Waals surface area (Å²) in [4.78, 5) is 17.9. The van der Waals surface area contributed by atoms with Gasteiger partial charge < -0.3 is 38.4 Å². The van der Waals surface area contributed by atoms with Crippen LogP contribution in [-0.4, -0.2) is 99.7 Å². The molecule has 2 aromatic rings. The lowest BCUT2D eigenvalue weighted by Gasteiger charge is -2.39. The van der Waals surface area contributed by atoms with E-state index in [2.05, 4.69) is 27.8 Å². The van der Waals surface area contributed by atoms with E-state index in [0.717, 1.165) is 36.7 Å². The second kappa shape index (κ2) is 15.0. The van der Waals surface area contributed by atoms with Gasteiger partial charge >= 0.3 is 0 Å². The number of fused-ring (bicyclic) bond motifs is 1. The van der Waals surface area contributed by atoms with Gasteiger partial charge in [0.1, 0.15) is 0 Å². The highest BCUT2D eigenvalue weighted by Crippen LogP contribution is 2.40. The Morgan fingerprint density at radius 1 is 1.05 bits per heavy atom. The molecule has 11 heteroatoms. The van der Waals surface area contributed by atoms with E-state index >= 15 is 0 Å². The number of nitrogens with zero attached hydrogens (tertiary/aromatic N) is 2. The second-order valence-corrected chi connectivity index (χ2v) is 11.0. The lowest BCUT2D eigenvalue weighted by molar-refractivity contribution is -0.172. The van der Waals surface area contributed by atoms with Gasteiger partial charge in [0.2, 0.25) is 13.1 Å². The third-order valence-electron chi connectivity index (χ3n) is 7.56. The summed E-state index contributed by atoms with van der Waals surface area (Å²) in [5.41, 5.74) is 2.32. The van der Waals surface area contributed by atoms with Gasteiger partial charge in [-0.1, -0.05) is 6.07 Å². The average molecular weight is 589 g/mol. The van der Waals surface area contributed by atoms with Crippen molar-refractivity contribution in [1.82, 2.24) is 9.80 Å². The maximum atomic E-state index is 13.7. The Bertz CT molecular complexity index is 1140. The number of hydrogen-bond acceptors (Lipinski definition) is 10. The topological polar surface area (TPSA) is 99.2 Å². The van der Waals surface area contributed by atoms with Gasteiger partial charge in [0.25, 0.3) is 5.91 Å². The average Bonchev–Trinajstić information content (AvgIpc) is 3.70. The Morgan fingerprint density at radius 2 is 1.85 bits per heavy atom. The number of ether oxygens (including phenoxy) is 6. The fourth-order valence-corrected chi connectivity index (χ4v) is 6.15. The van der Waals surface area contributed by atoms with E-state index < -0.39 is 6.29 Å². The van der Waals surface area contributed by atoms with Crippen LogP contribution in [0, 0.1) is 5.92 Å². The van der Waals surface area contributed by atoms with Crippen molar-refractivity contribution in [1.29, 1.82) is 0 Å². The second-order valence-electron chi connectivity index (χ2n) is 10.2. The van der Waals surface area contributed by atoms with Gasteiger partial charge in [0, 0.05) is 57.8 Å². The molecule has 3 unspecified atom stereocenters. The molecule has 1 N–H and O–H groups in total. The molecule has 0 saturated carbocycles. The summed E-state index contributed by atoms with van der Waals surface area (Å²) in [5.74, 6) is 1.82. The highest BCUT2D eigenvalue weighted by atomic mass is 32.1. The maximum Gasteiger partial charge on any atom is 0.288 e. The SMILES string of the molecule is CCOC1OC(C(=O)N2CCN(Cc3ccc4c(c3)OCO4)CC2)=CC(c2ccsc2)C1CCOCCOCCO. The molecule has 41 heavy (non-hydrogen) atoms. The molecule has 1 aromatic carbocycles. The molecule has 4 heterocycles. The third kappa shape index (κ3) is 7.79. The minimum Gasteiger partial charge on any atom is -0.459 e. The summed E-state index contributed by atoms with van der Waals surface area (Å²) in [6.45, 7) is 8.01. The van der Waals surface area contributed by atoms with Crippen molar-refractivity contribution in [3.63, 3.8) is 0 Å². The van der Waals surface area contributed by atoms with Crippen LogP contribution in [0.15, 0.2) is 46.9 Å². The molecule has 3 aliphatic rings. The Hall–Kier alpha value is -2.67. The zero-order chi connectivity index (χ0) is 28.4. The molecule has 1 saturated heterocycles. The Balaban J connectivity index is 1.20. The van der Waals surface area contributed by atoms with Crippen LogP contribution in [0.1, 0.15) is 30.4 Å². The predicted molar refractivity (Wildman–Crippen MR) is 153 cm³/mol. The van der Waals surface area contributed by atoms with Crippen molar-refractivity contribution in [2.45, 2.75) is 32.1 Å². The molecule has 3 atom stereocenters. The lowest BCUT2D eigenvalue weighted by Crippen LogP contribution is -2.50. The van der Waals surface area contributed by atoms with E-state index in [1.807, 2.05) is 30.0 Å². The number of amides is 1. The number of allylic oxidation sites excluding steroid dienone is 1. The summed E-state index contributed by atoms with van der Waals surface area (Å²) < 4.78 is 34.3. The number of rotatable bonds is 14. The Labute approximate surface area is 245 Å². The Kier molecular flexibility index (Phi) is 10.9. The zero-order valence-corrected chi connectivity index (χ0v) is 24.4. The minimum absolute atomic E-state index is 0.00184. The molecule has 10 nitrogen and oxygen atoms in total. The third-order valence-corrected chi connectivity index (χ3v) is 8.26. The van der Waals surface area contributed by atoms with Crippen LogP contribution in [0.25, 0.3) is 0 Å². The standard InChI is InChI=1S/C30H40N2O8S/c1-2-37-30-24(5-12-35-14-15-36-13-11-33)25(23-6-16-41-20-23)18-28(40-30)29(34)32-9-7-31(8-10-32)19-22-3-4-26-27(17-22)39-21-38-26/h3-4,6,16-18,20,24-25,30,33H,2,5,7-15,19,21H2,1H3. The van der Waals surface area contributed by atoms with Gasteiger partial charge in [-0.25, -0.2) is 0 Å².